The molecule has 2 heterocycles. The van der Waals surface area contributed by atoms with Gasteiger partial charge in [-0.2, -0.15) is 0 Å². The zero-order valence-electron chi connectivity index (χ0n) is 20.3. The van der Waals surface area contributed by atoms with Crippen LogP contribution in [0.25, 0.3) is 21.6 Å². The van der Waals surface area contributed by atoms with E-state index in [-0.39, 0.29) is 5.97 Å². The van der Waals surface area contributed by atoms with Crippen molar-refractivity contribution >= 4 is 46.0 Å². The standard InChI is InChI=1S/C31H25ClN2O2S/c1-36-31(35)19-6-22-4-12-26(13-5-22)34(28-16-9-24(10-17-28)29-3-2-20-37-29)27-14-7-23(8-15-27)25-11-18-30(32)33-21-25/h2-5,7-18,20-21H,6,19H2,1H3. The maximum absolute atomic E-state index is 11.5. The molecular formula is C31H25ClN2O2S. The predicted octanol–water partition coefficient (Wildman–Crippen LogP) is 8.71. The van der Waals surface area contributed by atoms with E-state index in [9.17, 15) is 4.79 Å². The molecule has 0 saturated heterocycles. The highest BCUT2D eigenvalue weighted by Gasteiger charge is 2.14. The number of pyridine rings is 1. The molecular weight excluding hydrogens is 500 g/mol. The van der Waals surface area contributed by atoms with E-state index in [4.69, 9.17) is 16.3 Å². The van der Waals surface area contributed by atoms with Gasteiger partial charge in [0.2, 0.25) is 0 Å². The van der Waals surface area contributed by atoms with Crippen LogP contribution in [0.2, 0.25) is 5.15 Å². The van der Waals surface area contributed by atoms with Gasteiger partial charge < -0.3 is 9.64 Å². The van der Waals surface area contributed by atoms with Gasteiger partial charge in [-0.3, -0.25) is 4.79 Å². The van der Waals surface area contributed by atoms with E-state index in [2.05, 4.69) is 100 Å². The lowest BCUT2D eigenvalue weighted by Gasteiger charge is -2.26. The van der Waals surface area contributed by atoms with Gasteiger partial charge in [0.25, 0.3) is 0 Å². The summed E-state index contributed by atoms with van der Waals surface area (Å²) in [4.78, 5) is 19.2. The topological polar surface area (TPSA) is 42.4 Å². The van der Waals surface area contributed by atoms with Crippen molar-refractivity contribution in [2.45, 2.75) is 12.8 Å². The summed E-state index contributed by atoms with van der Waals surface area (Å²) in [5.41, 5.74) is 7.50. The van der Waals surface area contributed by atoms with E-state index in [1.807, 2.05) is 6.07 Å². The fraction of sp³-hybridized carbons (Fsp3) is 0.0968. The van der Waals surface area contributed by atoms with Gasteiger partial charge in [-0.25, -0.2) is 4.98 Å². The Morgan fingerprint density at radius 3 is 1.95 bits per heavy atom. The van der Waals surface area contributed by atoms with E-state index in [1.54, 1.807) is 23.6 Å². The molecule has 0 saturated carbocycles. The third-order valence-electron chi connectivity index (χ3n) is 6.16. The number of aryl methyl sites for hydroxylation is 1. The summed E-state index contributed by atoms with van der Waals surface area (Å²) in [6, 6.07) is 33.3. The molecule has 0 amide bonds. The van der Waals surface area contributed by atoms with Crippen LogP contribution in [0.3, 0.4) is 0 Å². The number of methoxy groups -OCH3 is 1. The van der Waals surface area contributed by atoms with E-state index >= 15 is 0 Å². The predicted molar refractivity (Wildman–Crippen MR) is 153 cm³/mol. The van der Waals surface area contributed by atoms with Crippen molar-refractivity contribution in [3.63, 3.8) is 0 Å². The average molecular weight is 525 g/mol. The van der Waals surface area contributed by atoms with Crippen LogP contribution in [-0.4, -0.2) is 18.1 Å². The van der Waals surface area contributed by atoms with Gasteiger partial charge >= 0.3 is 5.97 Å². The Kier molecular flexibility index (Phi) is 7.64. The number of hydrogen-bond acceptors (Lipinski definition) is 5. The number of benzene rings is 3. The van der Waals surface area contributed by atoms with Gasteiger partial charge in [-0.1, -0.05) is 54.1 Å². The Morgan fingerprint density at radius 1 is 0.811 bits per heavy atom. The van der Waals surface area contributed by atoms with E-state index in [1.165, 1.54) is 17.6 Å². The summed E-state index contributed by atoms with van der Waals surface area (Å²) in [5, 5.41) is 2.57. The SMILES string of the molecule is COC(=O)CCc1ccc(N(c2ccc(-c3ccc(Cl)nc3)cc2)c2ccc(-c3cccs3)cc2)cc1. The Morgan fingerprint density at radius 2 is 1.41 bits per heavy atom. The number of aromatic nitrogens is 1. The third-order valence-corrected chi connectivity index (χ3v) is 7.30. The molecule has 0 unspecified atom stereocenters. The second-order valence-electron chi connectivity index (χ2n) is 8.52. The molecule has 5 rings (SSSR count). The quantitative estimate of drug-likeness (QED) is 0.150. The lowest BCUT2D eigenvalue weighted by atomic mass is 10.1. The molecule has 0 radical (unpaired) electrons. The second-order valence-corrected chi connectivity index (χ2v) is 9.85. The first kappa shape index (κ1) is 24.8. The summed E-state index contributed by atoms with van der Waals surface area (Å²) in [7, 11) is 1.42. The number of nitrogens with zero attached hydrogens (tertiary/aromatic N) is 2. The summed E-state index contributed by atoms with van der Waals surface area (Å²) in [5.74, 6) is -0.201. The van der Waals surface area contributed by atoms with Crippen LogP contribution in [0.4, 0.5) is 17.1 Å². The maximum atomic E-state index is 11.5. The minimum Gasteiger partial charge on any atom is -0.469 e. The molecule has 2 aromatic heterocycles. The molecule has 0 aliphatic heterocycles. The molecule has 37 heavy (non-hydrogen) atoms. The second kappa shape index (κ2) is 11.4. The first-order chi connectivity index (χ1) is 18.1. The Labute approximate surface area is 225 Å². The third kappa shape index (κ3) is 5.91. The number of hydrogen-bond donors (Lipinski definition) is 0. The van der Waals surface area contributed by atoms with Crippen molar-refractivity contribution in [1.82, 2.24) is 4.98 Å². The minimum atomic E-state index is -0.201. The zero-order chi connectivity index (χ0) is 25.6. The van der Waals surface area contributed by atoms with Crippen LogP contribution >= 0.6 is 22.9 Å². The van der Waals surface area contributed by atoms with Crippen LogP contribution in [0.1, 0.15) is 12.0 Å². The first-order valence-corrected chi connectivity index (χ1v) is 13.2. The highest BCUT2D eigenvalue weighted by atomic mass is 35.5. The molecule has 0 spiro atoms. The van der Waals surface area contributed by atoms with Crippen molar-refractivity contribution in [2.24, 2.45) is 0 Å². The highest BCUT2D eigenvalue weighted by molar-refractivity contribution is 7.13. The fourth-order valence-corrected chi connectivity index (χ4v) is 5.02. The fourth-order valence-electron chi connectivity index (χ4n) is 4.17. The molecule has 5 aromatic rings. The Hall–Kier alpha value is -3.93. The van der Waals surface area contributed by atoms with Crippen molar-refractivity contribution in [2.75, 3.05) is 12.0 Å². The average Bonchev–Trinajstić information content (AvgIpc) is 3.49. The van der Waals surface area contributed by atoms with Gasteiger partial charge in [0.05, 0.1) is 7.11 Å². The van der Waals surface area contributed by atoms with Gasteiger partial charge in [0.15, 0.2) is 0 Å². The molecule has 0 atom stereocenters. The van der Waals surface area contributed by atoms with Crippen molar-refractivity contribution < 1.29 is 9.53 Å². The smallest absolute Gasteiger partial charge is 0.305 e. The number of esters is 1. The number of carbonyl (C=O) groups excluding carboxylic acids is 1. The molecule has 0 bridgehead atoms. The van der Waals surface area contributed by atoms with Crippen LogP contribution < -0.4 is 4.90 Å². The highest BCUT2D eigenvalue weighted by Crippen LogP contribution is 2.37. The zero-order valence-corrected chi connectivity index (χ0v) is 21.9. The molecule has 4 nitrogen and oxygen atoms in total. The number of ether oxygens (including phenoxy) is 1. The Bertz CT molecular complexity index is 1450. The summed E-state index contributed by atoms with van der Waals surface area (Å²) < 4.78 is 4.78. The molecule has 0 aliphatic rings. The van der Waals surface area contributed by atoms with Crippen LogP contribution in [-0.2, 0) is 16.0 Å². The molecule has 0 aliphatic carbocycles. The monoisotopic (exact) mass is 524 g/mol. The van der Waals surface area contributed by atoms with E-state index < -0.39 is 0 Å². The molecule has 6 heteroatoms. The summed E-state index contributed by atoms with van der Waals surface area (Å²) in [6.07, 6.45) is 2.79. The van der Waals surface area contributed by atoms with Crippen LogP contribution in [0.5, 0.6) is 0 Å². The van der Waals surface area contributed by atoms with Crippen molar-refractivity contribution in [3.05, 3.63) is 119 Å². The van der Waals surface area contributed by atoms with Crippen LogP contribution in [0, 0.1) is 0 Å². The lowest BCUT2D eigenvalue weighted by Crippen LogP contribution is -2.10. The van der Waals surface area contributed by atoms with Gasteiger partial charge in [-0.15, -0.1) is 11.3 Å². The maximum Gasteiger partial charge on any atom is 0.305 e. The largest absolute Gasteiger partial charge is 0.469 e. The van der Waals surface area contributed by atoms with Crippen LogP contribution in [0.15, 0.2) is 109 Å². The molecule has 3 aromatic carbocycles. The summed E-state index contributed by atoms with van der Waals surface area (Å²) >= 11 is 7.69. The minimum absolute atomic E-state index is 0.201. The number of rotatable bonds is 8. The van der Waals surface area contributed by atoms with Gasteiger partial charge in [0.1, 0.15) is 5.15 Å². The van der Waals surface area contributed by atoms with E-state index in [0.717, 1.165) is 33.8 Å². The number of carbonyl (C=O) groups is 1. The molecule has 0 fully saturated rings. The van der Waals surface area contributed by atoms with Gasteiger partial charge in [0, 0.05) is 40.1 Å². The normalized spacial score (nSPS) is 10.8. The lowest BCUT2D eigenvalue weighted by molar-refractivity contribution is -0.140. The van der Waals surface area contributed by atoms with E-state index in [0.29, 0.717) is 18.0 Å². The number of anilines is 3. The first-order valence-electron chi connectivity index (χ1n) is 11.9. The summed E-state index contributed by atoms with van der Waals surface area (Å²) in [6.45, 7) is 0. The van der Waals surface area contributed by atoms with Crippen molar-refractivity contribution in [1.29, 1.82) is 0 Å². The molecule has 0 N–H and O–H groups in total. The van der Waals surface area contributed by atoms with Crippen molar-refractivity contribution in [3.8, 4) is 21.6 Å². The molecule has 184 valence electrons. The Balaban J connectivity index is 1.47. The number of thiophene rings is 1. The number of halogens is 1. The van der Waals surface area contributed by atoms with Gasteiger partial charge in [-0.05, 0) is 83.1 Å².